The van der Waals surface area contributed by atoms with E-state index in [0.717, 1.165) is 16.7 Å². The van der Waals surface area contributed by atoms with Crippen LogP contribution in [0.2, 0.25) is 0 Å². The summed E-state index contributed by atoms with van der Waals surface area (Å²) in [4.78, 5) is 0. The molecule has 0 aliphatic heterocycles. The summed E-state index contributed by atoms with van der Waals surface area (Å²) in [5.74, 6) is 0. The predicted molar refractivity (Wildman–Crippen MR) is 56.7 cm³/mol. The van der Waals surface area contributed by atoms with Crippen LogP contribution in [-0.4, -0.2) is 0 Å². The molecule has 1 aromatic carbocycles. The molecule has 72 valence electrons. The van der Waals surface area contributed by atoms with Gasteiger partial charge in [-0.25, -0.2) is 0 Å². The molecule has 0 saturated heterocycles. The third kappa shape index (κ3) is 1.70. The highest BCUT2D eigenvalue weighted by atomic mass is 16.3. The van der Waals surface area contributed by atoms with E-state index in [9.17, 15) is 0 Å². The van der Waals surface area contributed by atoms with Crippen LogP contribution in [0, 0.1) is 0 Å². The van der Waals surface area contributed by atoms with E-state index in [2.05, 4.69) is 12.1 Å². The lowest BCUT2D eigenvalue weighted by Gasteiger charge is -2.06. The second-order valence-electron chi connectivity index (χ2n) is 3.43. The highest BCUT2D eigenvalue weighted by molar-refractivity contribution is 5.62. The molecule has 0 fully saturated rings. The van der Waals surface area contributed by atoms with Crippen LogP contribution < -0.4 is 5.73 Å². The zero-order chi connectivity index (χ0) is 9.97. The molecular weight excluding hydrogens is 174 g/mol. The van der Waals surface area contributed by atoms with Crippen molar-refractivity contribution in [3.63, 3.8) is 0 Å². The standard InChI is InChI=1S/C12H13NO/c1-9(13)10-3-2-4-11(7-10)12-5-6-14-8-12/h2-9H,13H2,1H3. The van der Waals surface area contributed by atoms with Gasteiger partial charge in [-0.05, 0) is 30.2 Å². The van der Waals surface area contributed by atoms with Crippen molar-refractivity contribution in [1.82, 2.24) is 0 Å². The lowest BCUT2D eigenvalue weighted by molar-refractivity contribution is 0.568. The molecule has 0 aliphatic rings. The maximum atomic E-state index is 5.81. The summed E-state index contributed by atoms with van der Waals surface area (Å²) in [5.41, 5.74) is 9.19. The third-order valence-electron chi connectivity index (χ3n) is 2.27. The SMILES string of the molecule is CC(N)c1cccc(-c2ccoc2)c1. The molecule has 0 saturated carbocycles. The molecule has 2 N–H and O–H groups in total. The van der Waals surface area contributed by atoms with Crippen LogP contribution in [-0.2, 0) is 0 Å². The van der Waals surface area contributed by atoms with Gasteiger partial charge in [0.05, 0.1) is 12.5 Å². The fraction of sp³-hybridized carbons (Fsp3) is 0.167. The third-order valence-corrected chi connectivity index (χ3v) is 2.27. The molecule has 2 heteroatoms. The van der Waals surface area contributed by atoms with Crippen LogP contribution >= 0.6 is 0 Å². The minimum atomic E-state index is 0.0712. The van der Waals surface area contributed by atoms with Gasteiger partial charge in [0.1, 0.15) is 0 Å². The second-order valence-corrected chi connectivity index (χ2v) is 3.43. The molecule has 0 bridgehead atoms. The van der Waals surface area contributed by atoms with E-state index in [4.69, 9.17) is 10.2 Å². The van der Waals surface area contributed by atoms with E-state index in [1.54, 1.807) is 12.5 Å². The summed E-state index contributed by atoms with van der Waals surface area (Å²) in [6.45, 7) is 1.98. The van der Waals surface area contributed by atoms with Gasteiger partial charge >= 0.3 is 0 Å². The number of hydrogen-bond acceptors (Lipinski definition) is 2. The predicted octanol–water partition coefficient (Wildman–Crippen LogP) is 2.97. The number of benzene rings is 1. The van der Waals surface area contributed by atoms with Crippen LogP contribution in [0.4, 0.5) is 0 Å². The Morgan fingerprint density at radius 2 is 2.07 bits per heavy atom. The van der Waals surface area contributed by atoms with Crippen LogP contribution in [0.1, 0.15) is 18.5 Å². The van der Waals surface area contributed by atoms with E-state index in [1.807, 2.05) is 25.1 Å². The molecule has 1 aromatic heterocycles. The molecule has 0 radical (unpaired) electrons. The quantitative estimate of drug-likeness (QED) is 0.785. The first-order valence-electron chi connectivity index (χ1n) is 4.65. The zero-order valence-electron chi connectivity index (χ0n) is 8.10. The van der Waals surface area contributed by atoms with Gasteiger partial charge in [0, 0.05) is 11.6 Å². The van der Waals surface area contributed by atoms with E-state index < -0.39 is 0 Å². The van der Waals surface area contributed by atoms with Crippen molar-refractivity contribution in [3.8, 4) is 11.1 Å². The second kappa shape index (κ2) is 3.68. The lowest BCUT2D eigenvalue weighted by Crippen LogP contribution is -2.04. The largest absolute Gasteiger partial charge is 0.472 e. The maximum Gasteiger partial charge on any atom is 0.0980 e. The van der Waals surface area contributed by atoms with Gasteiger partial charge < -0.3 is 10.2 Å². The summed E-state index contributed by atoms with van der Waals surface area (Å²) >= 11 is 0. The van der Waals surface area contributed by atoms with Gasteiger partial charge in [-0.15, -0.1) is 0 Å². The summed E-state index contributed by atoms with van der Waals surface area (Å²) in [6.07, 6.45) is 3.41. The molecule has 0 spiro atoms. The summed E-state index contributed by atoms with van der Waals surface area (Å²) in [7, 11) is 0. The Morgan fingerprint density at radius 1 is 1.21 bits per heavy atom. The van der Waals surface area contributed by atoms with Crippen LogP contribution in [0.15, 0.2) is 47.3 Å². The summed E-state index contributed by atoms with van der Waals surface area (Å²) in [5, 5.41) is 0. The number of hydrogen-bond donors (Lipinski definition) is 1. The minimum absolute atomic E-state index is 0.0712. The normalized spacial score (nSPS) is 12.7. The zero-order valence-corrected chi connectivity index (χ0v) is 8.10. The number of rotatable bonds is 2. The fourth-order valence-electron chi connectivity index (χ4n) is 1.43. The van der Waals surface area contributed by atoms with E-state index in [1.165, 1.54) is 0 Å². The Labute approximate surface area is 83.4 Å². The van der Waals surface area contributed by atoms with Crippen LogP contribution in [0.25, 0.3) is 11.1 Å². The van der Waals surface area contributed by atoms with Gasteiger partial charge in [0.25, 0.3) is 0 Å². The molecule has 1 atom stereocenters. The van der Waals surface area contributed by atoms with Gasteiger partial charge in [0.2, 0.25) is 0 Å². The summed E-state index contributed by atoms with van der Waals surface area (Å²) in [6, 6.07) is 10.2. The first-order chi connectivity index (χ1) is 6.77. The number of furan rings is 1. The van der Waals surface area contributed by atoms with Crippen molar-refractivity contribution in [1.29, 1.82) is 0 Å². The minimum Gasteiger partial charge on any atom is -0.472 e. The van der Waals surface area contributed by atoms with Crippen molar-refractivity contribution < 1.29 is 4.42 Å². The van der Waals surface area contributed by atoms with Gasteiger partial charge in [-0.1, -0.05) is 18.2 Å². The van der Waals surface area contributed by atoms with Gasteiger partial charge in [-0.2, -0.15) is 0 Å². The van der Waals surface area contributed by atoms with Crippen molar-refractivity contribution in [2.24, 2.45) is 5.73 Å². The molecule has 2 nitrogen and oxygen atoms in total. The Morgan fingerprint density at radius 3 is 2.71 bits per heavy atom. The monoisotopic (exact) mass is 187 g/mol. The molecule has 0 amide bonds. The molecule has 2 aromatic rings. The Hall–Kier alpha value is -1.54. The lowest BCUT2D eigenvalue weighted by atomic mass is 10.0. The fourth-order valence-corrected chi connectivity index (χ4v) is 1.43. The molecule has 2 rings (SSSR count). The molecule has 0 aliphatic carbocycles. The highest BCUT2D eigenvalue weighted by Gasteiger charge is 2.02. The van der Waals surface area contributed by atoms with Crippen molar-refractivity contribution in [2.45, 2.75) is 13.0 Å². The molecule has 1 unspecified atom stereocenters. The average Bonchev–Trinajstić information content (AvgIpc) is 2.71. The van der Waals surface area contributed by atoms with Crippen molar-refractivity contribution in [3.05, 3.63) is 48.4 Å². The van der Waals surface area contributed by atoms with Crippen LogP contribution in [0.3, 0.4) is 0 Å². The smallest absolute Gasteiger partial charge is 0.0980 e. The van der Waals surface area contributed by atoms with Crippen LogP contribution in [0.5, 0.6) is 0 Å². The summed E-state index contributed by atoms with van der Waals surface area (Å²) < 4.78 is 5.04. The van der Waals surface area contributed by atoms with Gasteiger partial charge in [-0.3, -0.25) is 0 Å². The van der Waals surface area contributed by atoms with E-state index in [0.29, 0.717) is 0 Å². The molecule has 14 heavy (non-hydrogen) atoms. The topological polar surface area (TPSA) is 39.2 Å². The van der Waals surface area contributed by atoms with E-state index in [-0.39, 0.29) is 6.04 Å². The van der Waals surface area contributed by atoms with E-state index >= 15 is 0 Å². The maximum absolute atomic E-state index is 5.81. The Kier molecular flexibility index (Phi) is 2.37. The van der Waals surface area contributed by atoms with Crippen molar-refractivity contribution in [2.75, 3.05) is 0 Å². The average molecular weight is 187 g/mol. The molecular formula is C12H13NO. The van der Waals surface area contributed by atoms with Crippen molar-refractivity contribution >= 4 is 0 Å². The number of nitrogens with two attached hydrogens (primary N) is 1. The Bertz CT molecular complexity index is 404. The first kappa shape index (κ1) is 9.03. The van der Waals surface area contributed by atoms with Gasteiger partial charge in [0.15, 0.2) is 0 Å². The Balaban J connectivity index is 2.41. The molecule has 1 heterocycles. The highest BCUT2D eigenvalue weighted by Crippen LogP contribution is 2.22. The first-order valence-corrected chi connectivity index (χ1v) is 4.65.